The quantitative estimate of drug-likeness (QED) is 0.334. The monoisotopic (exact) mass is 484 g/mol. The Morgan fingerprint density at radius 1 is 1.06 bits per heavy atom. The molecule has 0 bridgehead atoms. The number of tetrazole rings is 1. The topological polar surface area (TPSA) is 79.7 Å². The molecule has 5 rings (SSSR count). The predicted octanol–water partition coefficient (Wildman–Crippen LogP) is 5.22. The molecule has 0 amide bonds. The third kappa shape index (κ3) is 5.26. The highest BCUT2D eigenvalue weighted by molar-refractivity contribution is 5.79. The molecule has 36 heavy (non-hydrogen) atoms. The van der Waals surface area contributed by atoms with Gasteiger partial charge < -0.3 is 4.98 Å². The van der Waals surface area contributed by atoms with Crippen LogP contribution < -0.4 is 5.56 Å². The van der Waals surface area contributed by atoms with Crippen molar-refractivity contribution in [2.24, 2.45) is 0 Å². The minimum Gasteiger partial charge on any atom is -0.322 e. The van der Waals surface area contributed by atoms with Crippen LogP contribution in [0.5, 0.6) is 0 Å². The highest BCUT2D eigenvalue weighted by Crippen LogP contribution is 2.33. The van der Waals surface area contributed by atoms with E-state index >= 15 is 0 Å². The smallest absolute Gasteiger partial charge is 0.252 e. The molecule has 0 spiro atoms. The Labute approximate surface area is 212 Å². The van der Waals surface area contributed by atoms with E-state index < -0.39 is 0 Å². The number of fused-ring (bicyclic) bond motifs is 1. The van der Waals surface area contributed by atoms with E-state index in [4.69, 9.17) is 0 Å². The first kappa shape index (κ1) is 24.4. The molecular formula is C29H36N6O. The number of nitrogens with zero attached hydrogens (tertiary/aromatic N) is 5. The maximum Gasteiger partial charge on any atom is 0.252 e. The molecule has 1 fully saturated rings. The lowest BCUT2D eigenvalue weighted by molar-refractivity contribution is 0.112. The molecule has 0 radical (unpaired) electrons. The van der Waals surface area contributed by atoms with Crippen LogP contribution in [0.2, 0.25) is 0 Å². The highest BCUT2D eigenvalue weighted by Gasteiger charge is 2.32. The molecule has 1 atom stereocenters. The second-order valence-corrected chi connectivity index (χ2v) is 9.93. The van der Waals surface area contributed by atoms with E-state index in [1.807, 2.05) is 16.8 Å². The summed E-state index contributed by atoms with van der Waals surface area (Å²) in [6.45, 7) is 5.68. The van der Waals surface area contributed by atoms with E-state index in [2.05, 4.69) is 81.7 Å². The molecule has 188 valence electrons. The molecule has 0 aliphatic heterocycles. The average Bonchev–Trinajstić information content (AvgIpc) is 3.61. The highest BCUT2D eigenvalue weighted by atomic mass is 16.1. The fourth-order valence-electron chi connectivity index (χ4n) is 5.62. The van der Waals surface area contributed by atoms with Crippen molar-refractivity contribution in [1.29, 1.82) is 0 Å². The molecule has 0 unspecified atom stereocenters. The maximum atomic E-state index is 13.1. The lowest BCUT2D eigenvalue weighted by atomic mass is 10.0. The van der Waals surface area contributed by atoms with Crippen molar-refractivity contribution in [2.45, 2.75) is 84.0 Å². The molecule has 1 N–H and O–H groups in total. The third-order valence-electron chi connectivity index (χ3n) is 7.64. The van der Waals surface area contributed by atoms with Crippen LogP contribution in [0, 0.1) is 0 Å². The van der Waals surface area contributed by atoms with Gasteiger partial charge in [0.15, 0.2) is 5.82 Å². The number of hydrogen-bond donors (Lipinski definition) is 1. The molecule has 2 aromatic heterocycles. The summed E-state index contributed by atoms with van der Waals surface area (Å²) in [6, 6.07) is 19.3. The number of nitrogens with one attached hydrogen (secondary N) is 1. The summed E-state index contributed by atoms with van der Waals surface area (Å²) in [6.07, 6.45) is 7.48. The number of benzene rings is 2. The van der Waals surface area contributed by atoms with Crippen LogP contribution >= 0.6 is 0 Å². The molecule has 2 aromatic carbocycles. The van der Waals surface area contributed by atoms with Crippen molar-refractivity contribution >= 4 is 10.9 Å². The number of pyridine rings is 1. The van der Waals surface area contributed by atoms with Gasteiger partial charge in [0, 0.05) is 30.2 Å². The Kier molecular flexibility index (Phi) is 7.56. The summed E-state index contributed by atoms with van der Waals surface area (Å²) in [5.74, 6) is 0.894. The largest absolute Gasteiger partial charge is 0.322 e. The molecular weight excluding hydrogens is 448 g/mol. The molecule has 7 heteroatoms. The lowest BCUT2D eigenvalue weighted by Gasteiger charge is -2.35. The molecule has 4 aromatic rings. The predicted molar refractivity (Wildman–Crippen MR) is 143 cm³/mol. The van der Waals surface area contributed by atoms with Gasteiger partial charge in [-0.3, -0.25) is 9.69 Å². The summed E-state index contributed by atoms with van der Waals surface area (Å²) < 4.78 is 1.96. The lowest BCUT2D eigenvalue weighted by Crippen LogP contribution is -2.39. The van der Waals surface area contributed by atoms with Gasteiger partial charge in [-0.15, -0.1) is 5.10 Å². The van der Waals surface area contributed by atoms with Crippen molar-refractivity contribution in [3.8, 4) is 0 Å². The number of hydrogen-bond acceptors (Lipinski definition) is 5. The first-order valence-corrected chi connectivity index (χ1v) is 13.4. The summed E-state index contributed by atoms with van der Waals surface area (Å²) in [7, 11) is 0. The molecule has 1 saturated carbocycles. The minimum absolute atomic E-state index is 0.00623. The van der Waals surface area contributed by atoms with Gasteiger partial charge in [-0.25, -0.2) is 4.68 Å². The Morgan fingerprint density at radius 2 is 1.86 bits per heavy atom. The zero-order chi connectivity index (χ0) is 24.9. The number of aromatic amines is 1. The minimum atomic E-state index is -0.00623. The maximum absolute atomic E-state index is 13.1. The van der Waals surface area contributed by atoms with E-state index in [0.29, 0.717) is 12.6 Å². The number of H-pyrrole nitrogens is 1. The molecule has 2 heterocycles. The second-order valence-electron chi connectivity index (χ2n) is 9.93. The van der Waals surface area contributed by atoms with Crippen LogP contribution in [0.15, 0.2) is 59.4 Å². The molecule has 0 saturated heterocycles. The number of rotatable bonds is 10. The van der Waals surface area contributed by atoms with E-state index in [-0.39, 0.29) is 11.6 Å². The first-order valence-electron chi connectivity index (χ1n) is 13.4. The fourth-order valence-corrected chi connectivity index (χ4v) is 5.62. The van der Waals surface area contributed by atoms with Crippen LogP contribution in [0.25, 0.3) is 10.9 Å². The average molecular weight is 485 g/mol. The zero-order valence-electron chi connectivity index (χ0n) is 21.4. The van der Waals surface area contributed by atoms with E-state index in [0.717, 1.165) is 60.9 Å². The first-order chi connectivity index (χ1) is 17.7. The van der Waals surface area contributed by atoms with Gasteiger partial charge in [-0.2, -0.15) is 0 Å². The summed E-state index contributed by atoms with van der Waals surface area (Å²) in [5.41, 5.74) is 4.24. The summed E-state index contributed by atoms with van der Waals surface area (Å²) in [5, 5.41) is 14.0. The second kappa shape index (κ2) is 11.2. The Morgan fingerprint density at radius 3 is 2.61 bits per heavy atom. The van der Waals surface area contributed by atoms with Gasteiger partial charge in [-0.05, 0) is 77.2 Å². The van der Waals surface area contributed by atoms with Crippen molar-refractivity contribution in [2.75, 3.05) is 0 Å². The van der Waals surface area contributed by atoms with Crippen molar-refractivity contribution in [3.63, 3.8) is 0 Å². The van der Waals surface area contributed by atoms with Crippen LogP contribution in [0.3, 0.4) is 0 Å². The van der Waals surface area contributed by atoms with E-state index in [9.17, 15) is 4.79 Å². The fraction of sp³-hybridized carbons (Fsp3) is 0.448. The Balaban J connectivity index is 1.45. The van der Waals surface area contributed by atoms with E-state index in [1.165, 1.54) is 24.0 Å². The normalized spacial score (nSPS) is 15.2. The molecule has 1 aliphatic rings. The standard InChI is InChI=1S/C29H36N6O/c1-3-21-14-15-26-23(18-21)19-24(29(36)30-26)20-34(25-12-8-9-13-25)27(4-2)28-31-32-33-35(28)17-16-22-10-6-5-7-11-22/h5-7,10-11,14-15,18-19,25,27H,3-4,8-9,12-13,16-17,20H2,1-2H3,(H,30,36)/t27-/m0/s1. The molecule has 7 nitrogen and oxygen atoms in total. The van der Waals surface area contributed by atoms with Gasteiger partial charge in [-0.1, -0.05) is 63.1 Å². The van der Waals surface area contributed by atoms with Crippen LogP contribution in [-0.4, -0.2) is 36.1 Å². The van der Waals surface area contributed by atoms with Gasteiger partial charge in [0.2, 0.25) is 0 Å². The van der Waals surface area contributed by atoms with Crippen LogP contribution in [0.1, 0.15) is 74.5 Å². The van der Waals surface area contributed by atoms with Crippen molar-refractivity contribution < 1.29 is 0 Å². The van der Waals surface area contributed by atoms with Crippen molar-refractivity contribution in [1.82, 2.24) is 30.1 Å². The number of aromatic nitrogens is 5. The van der Waals surface area contributed by atoms with E-state index in [1.54, 1.807) is 0 Å². The Bertz CT molecular complexity index is 1340. The van der Waals surface area contributed by atoms with Gasteiger partial charge in [0.25, 0.3) is 5.56 Å². The summed E-state index contributed by atoms with van der Waals surface area (Å²) in [4.78, 5) is 18.8. The Hall–Kier alpha value is -3.32. The number of aryl methyl sites for hydroxylation is 3. The summed E-state index contributed by atoms with van der Waals surface area (Å²) >= 11 is 0. The van der Waals surface area contributed by atoms with Gasteiger partial charge in [0.1, 0.15) is 0 Å². The van der Waals surface area contributed by atoms with Crippen molar-refractivity contribution in [3.05, 3.63) is 87.5 Å². The third-order valence-corrected chi connectivity index (χ3v) is 7.64. The van der Waals surface area contributed by atoms with Crippen LogP contribution in [-0.2, 0) is 25.9 Å². The van der Waals surface area contributed by atoms with Gasteiger partial charge >= 0.3 is 0 Å². The zero-order valence-corrected chi connectivity index (χ0v) is 21.4. The van der Waals surface area contributed by atoms with Crippen LogP contribution in [0.4, 0.5) is 0 Å². The SMILES string of the molecule is CCc1ccc2[nH]c(=O)c(CN(C3CCCC3)[C@@H](CC)c3nnnn3CCc3ccccc3)cc2c1. The van der Waals surface area contributed by atoms with Gasteiger partial charge in [0.05, 0.1) is 6.04 Å². The molecule has 1 aliphatic carbocycles.